The molecule has 0 aliphatic rings. The maximum atomic E-state index is 14.3. The van der Waals surface area contributed by atoms with Crippen molar-refractivity contribution in [3.8, 4) is 0 Å². The van der Waals surface area contributed by atoms with Crippen molar-refractivity contribution in [1.29, 1.82) is 0 Å². The molecule has 2 amide bonds. The molecule has 7 nitrogen and oxygen atoms in total. The summed E-state index contributed by atoms with van der Waals surface area (Å²) in [5, 5.41) is 3.66. The van der Waals surface area contributed by atoms with Gasteiger partial charge in [-0.05, 0) is 69.5 Å². The molecule has 0 aromatic heterocycles. The largest absolute Gasteiger partial charge is 0.350 e. The van der Waals surface area contributed by atoms with Crippen LogP contribution in [0.1, 0.15) is 43.0 Å². The summed E-state index contributed by atoms with van der Waals surface area (Å²) in [7, 11) is -3.88. The second-order valence-corrected chi connectivity index (χ2v) is 13.9. The molecule has 220 valence electrons. The van der Waals surface area contributed by atoms with Gasteiger partial charge in [-0.2, -0.15) is 0 Å². The summed E-state index contributed by atoms with van der Waals surface area (Å²) in [6.07, 6.45) is 1.25. The highest BCUT2D eigenvalue weighted by atomic mass is 35.5. The van der Waals surface area contributed by atoms with E-state index in [4.69, 9.17) is 23.2 Å². The van der Waals surface area contributed by atoms with Crippen LogP contribution in [0.15, 0.2) is 66.7 Å². The fourth-order valence-electron chi connectivity index (χ4n) is 4.46. The van der Waals surface area contributed by atoms with E-state index in [1.54, 1.807) is 30.3 Å². The molecule has 10 heteroatoms. The Morgan fingerprint density at radius 2 is 1.49 bits per heavy atom. The zero-order valence-electron chi connectivity index (χ0n) is 24.2. The van der Waals surface area contributed by atoms with Crippen LogP contribution in [0.5, 0.6) is 0 Å². The Hall–Kier alpha value is -3.07. The number of aryl methyl sites for hydroxylation is 1. The molecule has 0 aliphatic carbocycles. The Morgan fingerprint density at radius 3 is 2.05 bits per heavy atom. The molecule has 1 unspecified atom stereocenters. The first-order chi connectivity index (χ1) is 19.1. The molecule has 1 atom stereocenters. The number of hydrogen-bond acceptors (Lipinski definition) is 4. The number of amides is 2. The van der Waals surface area contributed by atoms with Crippen LogP contribution in [0.4, 0.5) is 5.69 Å². The summed E-state index contributed by atoms with van der Waals surface area (Å²) in [5.74, 6) is -0.951. The van der Waals surface area contributed by atoms with Crippen LogP contribution in [0.3, 0.4) is 0 Å². The van der Waals surface area contributed by atoms with E-state index in [9.17, 15) is 18.0 Å². The molecule has 41 heavy (non-hydrogen) atoms. The topological polar surface area (TPSA) is 86.8 Å². The number of halogens is 2. The van der Waals surface area contributed by atoms with Gasteiger partial charge in [-0.3, -0.25) is 13.9 Å². The number of carbonyl (C=O) groups excluding carboxylic acids is 2. The van der Waals surface area contributed by atoms with Gasteiger partial charge >= 0.3 is 0 Å². The van der Waals surface area contributed by atoms with Crippen molar-refractivity contribution in [2.75, 3.05) is 17.1 Å². The molecular weight excluding hydrogens is 581 g/mol. The molecule has 0 saturated heterocycles. The van der Waals surface area contributed by atoms with E-state index < -0.39 is 34.1 Å². The molecule has 3 aromatic carbocycles. The Balaban J connectivity index is 2.15. The van der Waals surface area contributed by atoms with Gasteiger partial charge in [0.1, 0.15) is 12.6 Å². The van der Waals surface area contributed by atoms with Gasteiger partial charge in [0, 0.05) is 34.1 Å². The number of sulfonamides is 1. The van der Waals surface area contributed by atoms with Crippen molar-refractivity contribution in [2.24, 2.45) is 0 Å². The van der Waals surface area contributed by atoms with Gasteiger partial charge in [-0.15, -0.1) is 0 Å². The second kappa shape index (κ2) is 13.3. The fourth-order valence-corrected chi connectivity index (χ4v) is 5.88. The predicted octanol–water partition coefficient (Wildman–Crippen LogP) is 5.93. The third-order valence-electron chi connectivity index (χ3n) is 6.68. The lowest BCUT2D eigenvalue weighted by molar-refractivity contribution is -0.140. The molecule has 0 bridgehead atoms. The first-order valence-corrected chi connectivity index (χ1v) is 15.8. The summed E-state index contributed by atoms with van der Waals surface area (Å²) < 4.78 is 27.2. The highest BCUT2D eigenvalue weighted by molar-refractivity contribution is 7.92. The molecule has 0 aliphatic heterocycles. The Kier molecular flexibility index (Phi) is 10.5. The number of benzene rings is 3. The second-order valence-electron chi connectivity index (χ2n) is 11.2. The molecule has 0 heterocycles. The van der Waals surface area contributed by atoms with Gasteiger partial charge in [0.05, 0.1) is 11.9 Å². The number of hydrogen-bond donors (Lipinski definition) is 1. The minimum Gasteiger partial charge on any atom is -0.350 e. The minimum absolute atomic E-state index is 0.100. The summed E-state index contributed by atoms with van der Waals surface area (Å²) in [5.41, 5.74) is 2.73. The standard InChI is InChI=1S/C31H37Cl2N3O4S/c1-21-12-10-17-27(22(21)2)36(41(6,39)40)20-29(37)35(19-24-25(32)15-11-16-26(24)33)28(30(38)34-31(3,4)5)18-23-13-8-7-9-14-23/h7-17,28H,18-20H2,1-6H3,(H,34,38). The van der Waals surface area contributed by atoms with E-state index in [1.165, 1.54) is 4.90 Å². The van der Waals surface area contributed by atoms with E-state index in [2.05, 4.69) is 5.32 Å². The first kappa shape index (κ1) is 32.4. The van der Waals surface area contributed by atoms with Crippen LogP contribution >= 0.6 is 23.2 Å². The molecule has 3 aromatic rings. The van der Waals surface area contributed by atoms with E-state index in [1.807, 2.05) is 71.0 Å². The van der Waals surface area contributed by atoms with Crippen LogP contribution in [0.25, 0.3) is 0 Å². The van der Waals surface area contributed by atoms with Gasteiger partial charge in [0.25, 0.3) is 0 Å². The van der Waals surface area contributed by atoms with Crippen molar-refractivity contribution >= 4 is 50.7 Å². The summed E-state index contributed by atoms with van der Waals surface area (Å²) in [6, 6.07) is 18.6. The lowest BCUT2D eigenvalue weighted by Crippen LogP contribution is -2.56. The molecule has 0 saturated carbocycles. The van der Waals surface area contributed by atoms with Crippen molar-refractivity contribution in [1.82, 2.24) is 10.2 Å². The average Bonchev–Trinajstić information content (AvgIpc) is 2.87. The Bertz CT molecular complexity index is 1490. The van der Waals surface area contributed by atoms with Crippen molar-refractivity contribution in [3.63, 3.8) is 0 Å². The Morgan fingerprint density at radius 1 is 0.902 bits per heavy atom. The number of nitrogens with zero attached hydrogens (tertiary/aromatic N) is 2. The first-order valence-electron chi connectivity index (χ1n) is 13.2. The third kappa shape index (κ3) is 8.71. The van der Waals surface area contributed by atoms with Crippen molar-refractivity contribution < 1.29 is 18.0 Å². The smallest absolute Gasteiger partial charge is 0.244 e. The maximum Gasteiger partial charge on any atom is 0.244 e. The normalized spacial score (nSPS) is 12.5. The predicted molar refractivity (Wildman–Crippen MR) is 167 cm³/mol. The fraction of sp³-hybridized carbons (Fsp3) is 0.355. The third-order valence-corrected chi connectivity index (χ3v) is 8.52. The molecule has 0 radical (unpaired) electrons. The van der Waals surface area contributed by atoms with Crippen LogP contribution in [-0.2, 0) is 32.6 Å². The van der Waals surface area contributed by atoms with Gasteiger partial charge in [0.2, 0.25) is 21.8 Å². The molecule has 0 fully saturated rings. The molecule has 3 rings (SSSR count). The lowest BCUT2D eigenvalue weighted by atomic mass is 10.0. The van der Waals surface area contributed by atoms with Crippen LogP contribution < -0.4 is 9.62 Å². The highest BCUT2D eigenvalue weighted by Crippen LogP contribution is 2.29. The van der Waals surface area contributed by atoms with Crippen molar-refractivity contribution in [2.45, 2.75) is 59.2 Å². The minimum atomic E-state index is -3.88. The average molecular weight is 619 g/mol. The van der Waals surface area contributed by atoms with Crippen LogP contribution in [0, 0.1) is 13.8 Å². The molecule has 0 spiro atoms. The monoisotopic (exact) mass is 617 g/mol. The number of nitrogens with one attached hydrogen (secondary N) is 1. The van der Waals surface area contributed by atoms with Crippen molar-refractivity contribution in [3.05, 3.63) is 99.0 Å². The zero-order chi connectivity index (χ0) is 30.5. The van der Waals surface area contributed by atoms with Gasteiger partial charge in [0.15, 0.2) is 0 Å². The van der Waals surface area contributed by atoms with E-state index in [0.29, 0.717) is 21.3 Å². The molecule has 1 N–H and O–H groups in total. The number of anilines is 1. The number of carbonyl (C=O) groups is 2. The Labute approximate surface area is 253 Å². The van der Waals surface area contributed by atoms with Gasteiger partial charge < -0.3 is 10.2 Å². The summed E-state index contributed by atoms with van der Waals surface area (Å²) >= 11 is 13.0. The van der Waals surface area contributed by atoms with E-state index >= 15 is 0 Å². The quantitative estimate of drug-likeness (QED) is 0.305. The summed E-state index contributed by atoms with van der Waals surface area (Å²) in [6.45, 7) is 8.63. The number of rotatable bonds is 10. The SMILES string of the molecule is Cc1cccc(N(CC(=O)N(Cc2c(Cl)cccc2Cl)C(Cc2ccccc2)C(=O)NC(C)(C)C)S(C)(=O)=O)c1C. The van der Waals surface area contributed by atoms with Gasteiger partial charge in [-0.25, -0.2) is 8.42 Å². The van der Waals surface area contributed by atoms with Gasteiger partial charge in [-0.1, -0.05) is 71.7 Å². The summed E-state index contributed by atoms with van der Waals surface area (Å²) in [4.78, 5) is 29.4. The highest BCUT2D eigenvalue weighted by Gasteiger charge is 2.35. The van der Waals surface area contributed by atoms with E-state index in [0.717, 1.165) is 27.3 Å². The van der Waals surface area contributed by atoms with Crippen LogP contribution in [0.2, 0.25) is 10.0 Å². The lowest BCUT2D eigenvalue weighted by Gasteiger charge is -2.35. The van der Waals surface area contributed by atoms with Crippen LogP contribution in [-0.4, -0.2) is 49.5 Å². The van der Waals surface area contributed by atoms with E-state index in [-0.39, 0.29) is 18.9 Å². The zero-order valence-corrected chi connectivity index (χ0v) is 26.6. The molecular formula is C31H37Cl2N3O4S. The maximum absolute atomic E-state index is 14.3.